The number of hydrogen-bond acceptors (Lipinski definition) is 3. The van der Waals surface area contributed by atoms with Crippen LogP contribution in [0.1, 0.15) is 22.8 Å². The zero-order valence-electron chi connectivity index (χ0n) is 13.8. The maximum absolute atomic E-state index is 12.0. The largest absolute Gasteiger partial charge is 0.484 e. The fourth-order valence-corrected chi connectivity index (χ4v) is 2.39. The number of hydrogen-bond donors (Lipinski definition) is 1. The van der Waals surface area contributed by atoms with Gasteiger partial charge in [-0.3, -0.25) is 4.79 Å². The zero-order chi connectivity index (χ0) is 16.7. The van der Waals surface area contributed by atoms with Gasteiger partial charge < -0.3 is 14.8 Å². The predicted octanol–water partition coefficient (Wildman–Crippen LogP) is 3.19. The molecule has 0 heterocycles. The van der Waals surface area contributed by atoms with Gasteiger partial charge in [0.15, 0.2) is 6.61 Å². The molecule has 0 spiro atoms. The van der Waals surface area contributed by atoms with Gasteiger partial charge in [-0.2, -0.15) is 0 Å². The second kappa shape index (κ2) is 8.34. The molecule has 122 valence electrons. The molecular weight excluding hydrogens is 290 g/mol. The third-order valence-electron chi connectivity index (χ3n) is 3.76. The Morgan fingerprint density at radius 1 is 1.04 bits per heavy atom. The van der Waals surface area contributed by atoms with E-state index in [1.807, 2.05) is 62.4 Å². The van der Waals surface area contributed by atoms with Gasteiger partial charge >= 0.3 is 0 Å². The third-order valence-corrected chi connectivity index (χ3v) is 3.76. The Labute approximate surface area is 137 Å². The lowest BCUT2D eigenvalue weighted by molar-refractivity contribution is -0.123. The summed E-state index contributed by atoms with van der Waals surface area (Å²) in [6.45, 7) is 4.39. The number of ether oxygens (including phenoxy) is 2. The van der Waals surface area contributed by atoms with E-state index in [0.29, 0.717) is 6.54 Å². The molecule has 1 atom stereocenters. The Kier molecular flexibility index (Phi) is 6.18. The first-order valence-electron chi connectivity index (χ1n) is 7.65. The first-order chi connectivity index (χ1) is 11.1. The van der Waals surface area contributed by atoms with E-state index >= 15 is 0 Å². The molecule has 2 aromatic rings. The number of carbonyl (C=O) groups is 1. The topological polar surface area (TPSA) is 47.6 Å². The third kappa shape index (κ3) is 4.83. The SMILES string of the molecule is COC(CNC(=O)COc1ccccc1C)c1ccccc1C. The maximum Gasteiger partial charge on any atom is 0.258 e. The van der Waals surface area contributed by atoms with Crippen LogP contribution in [0, 0.1) is 13.8 Å². The molecule has 0 aliphatic heterocycles. The van der Waals surface area contributed by atoms with Gasteiger partial charge in [-0.1, -0.05) is 42.5 Å². The molecule has 2 aromatic carbocycles. The average Bonchev–Trinajstić information content (AvgIpc) is 2.56. The highest BCUT2D eigenvalue weighted by Crippen LogP contribution is 2.19. The number of rotatable bonds is 7. The minimum absolute atomic E-state index is 0.00490. The second-order valence-electron chi connectivity index (χ2n) is 5.44. The van der Waals surface area contributed by atoms with Crippen molar-refractivity contribution in [1.29, 1.82) is 0 Å². The van der Waals surface area contributed by atoms with Gasteiger partial charge in [-0.05, 0) is 36.6 Å². The second-order valence-corrected chi connectivity index (χ2v) is 5.44. The van der Waals surface area contributed by atoms with Crippen molar-refractivity contribution in [3.8, 4) is 5.75 Å². The minimum atomic E-state index is -0.168. The molecule has 0 saturated heterocycles. The Morgan fingerprint density at radius 2 is 1.70 bits per heavy atom. The van der Waals surface area contributed by atoms with Crippen LogP contribution in [-0.4, -0.2) is 26.2 Å². The monoisotopic (exact) mass is 313 g/mol. The van der Waals surface area contributed by atoms with Gasteiger partial charge in [0.25, 0.3) is 5.91 Å². The molecular formula is C19H23NO3. The molecule has 1 unspecified atom stereocenters. The number of amides is 1. The van der Waals surface area contributed by atoms with E-state index in [0.717, 1.165) is 22.4 Å². The molecule has 23 heavy (non-hydrogen) atoms. The molecule has 4 heteroatoms. The van der Waals surface area contributed by atoms with Crippen LogP contribution < -0.4 is 10.1 Å². The first kappa shape index (κ1) is 17.0. The van der Waals surface area contributed by atoms with Crippen LogP contribution in [0.2, 0.25) is 0 Å². The molecule has 0 fully saturated rings. The van der Waals surface area contributed by atoms with E-state index in [-0.39, 0.29) is 18.6 Å². The highest BCUT2D eigenvalue weighted by atomic mass is 16.5. The minimum Gasteiger partial charge on any atom is -0.484 e. The molecule has 0 radical (unpaired) electrons. The molecule has 0 aliphatic carbocycles. The fraction of sp³-hybridized carbons (Fsp3) is 0.316. The summed E-state index contributed by atoms with van der Waals surface area (Å²) in [7, 11) is 1.65. The van der Waals surface area contributed by atoms with E-state index in [1.165, 1.54) is 0 Å². The Hall–Kier alpha value is -2.33. The van der Waals surface area contributed by atoms with E-state index in [9.17, 15) is 4.79 Å². The summed E-state index contributed by atoms with van der Waals surface area (Å²) in [5.41, 5.74) is 3.23. The molecule has 4 nitrogen and oxygen atoms in total. The molecule has 2 rings (SSSR count). The van der Waals surface area contributed by atoms with Crippen LogP contribution in [0.25, 0.3) is 0 Å². The number of carbonyl (C=O) groups excluding carboxylic acids is 1. The predicted molar refractivity (Wildman–Crippen MR) is 90.6 cm³/mol. The lowest BCUT2D eigenvalue weighted by Crippen LogP contribution is -2.33. The summed E-state index contributed by atoms with van der Waals surface area (Å²) in [6.07, 6.45) is -0.168. The van der Waals surface area contributed by atoms with Gasteiger partial charge in [0.05, 0.1) is 6.10 Å². The maximum atomic E-state index is 12.0. The molecule has 0 aromatic heterocycles. The summed E-state index contributed by atoms with van der Waals surface area (Å²) in [4.78, 5) is 12.0. The van der Waals surface area contributed by atoms with Crippen LogP contribution in [0.15, 0.2) is 48.5 Å². The smallest absolute Gasteiger partial charge is 0.258 e. The standard InChI is InChI=1S/C19H23NO3/c1-14-8-4-6-10-16(14)18(22-3)12-20-19(21)13-23-17-11-7-5-9-15(17)2/h4-11,18H,12-13H2,1-3H3,(H,20,21). The van der Waals surface area contributed by atoms with E-state index in [2.05, 4.69) is 5.32 Å². The van der Waals surface area contributed by atoms with Crippen molar-refractivity contribution < 1.29 is 14.3 Å². The van der Waals surface area contributed by atoms with E-state index < -0.39 is 0 Å². The van der Waals surface area contributed by atoms with Crippen molar-refractivity contribution in [3.05, 3.63) is 65.2 Å². The van der Waals surface area contributed by atoms with Gasteiger partial charge in [-0.25, -0.2) is 0 Å². The van der Waals surface area contributed by atoms with Crippen LogP contribution in [0.3, 0.4) is 0 Å². The van der Waals surface area contributed by atoms with Gasteiger partial charge in [0.2, 0.25) is 0 Å². The van der Waals surface area contributed by atoms with Crippen molar-refractivity contribution in [2.75, 3.05) is 20.3 Å². The van der Waals surface area contributed by atoms with Crippen LogP contribution in [0.4, 0.5) is 0 Å². The van der Waals surface area contributed by atoms with Crippen LogP contribution in [-0.2, 0) is 9.53 Å². The van der Waals surface area contributed by atoms with Gasteiger partial charge in [0.1, 0.15) is 5.75 Å². The molecule has 1 N–H and O–H groups in total. The summed E-state index contributed by atoms with van der Waals surface area (Å²) >= 11 is 0. The fourth-order valence-electron chi connectivity index (χ4n) is 2.39. The van der Waals surface area contributed by atoms with Crippen molar-refractivity contribution in [2.45, 2.75) is 20.0 Å². The van der Waals surface area contributed by atoms with Crippen molar-refractivity contribution >= 4 is 5.91 Å². The first-order valence-corrected chi connectivity index (χ1v) is 7.65. The lowest BCUT2D eigenvalue weighted by Gasteiger charge is -2.18. The normalized spacial score (nSPS) is 11.8. The summed E-state index contributed by atoms with van der Waals surface area (Å²) in [5, 5.41) is 2.86. The van der Waals surface area contributed by atoms with Crippen LogP contribution >= 0.6 is 0 Å². The zero-order valence-corrected chi connectivity index (χ0v) is 13.8. The lowest BCUT2D eigenvalue weighted by atomic mass is 10.0. The number of para-hydroxylation sites is 1. The van der Waals surface area contributed by atoms with Crippen molar-refractivity contribution in [3.63, 3.8) is 0 Å². The Bertz CT molecular complexity index is 655. The highest BCUT2D eigenvalue weighted by Gasteiger charge is 2.14. The summed E-state index contributed by atoms with van der Waals surface area (Å²) < 4.78 is 11.0. The number of aryl methyl sites for hydroxylation is 2. The average molecular weight is 313 g/mol. The molecule has 0 bridgehead atoms. The quantitative estimate of drug-likeness (QED) is 0.854. The number of benzene rings is 2. The van der Waals surface area contributed by atoms with Crippen molar-refractivity contribution in [2.24, 2.45) is 0 Å². The van der Waals surface area contributed by atoms with E-state index in [4.69, 9.17) is 9.47 Å². The Morgan fingerprint density at radius 3 is 2.35 bits per heavy atom. The van der Waals surface area contributed by atoms with E-state index in [1.54, 1.807) is 7.11 Å². The number of nitrogens with one attached hydrogen (secondary N) is 1. The summed E-state index contributed by atoms with van der Waals surface area (Å²) in [6, 6.07) is 15.6. The molecule has 0 aliphatic rings. The molecule has 0 saturated carbocycles. The molecule has 1 amide bonds. The van der Waals surface area contributed by atoms with Crippen molar-refractivity contribution in [1.82, 2.24) is 5.32 Å². The summed E-state index contributed by atoms with van der Waals surface area (Å²) in [5.74, 6) is 0.564. The van der Waals surface area contributed by atoms with Crippen LogP contribution in [0.5, 0.6) is 5.75 Å². The number of methoxy groups -OCH3 is 1. The van der Waals surface area contributed by atoms with Gasteiger partial charge in [-0.15, -0.1) is 0 Å². The Balaban J connectivity index is 1.86. The van der Waals surface area contributed by atoms with Gasteiger partial charge in [0, 0.05) is 13.7 Å². The highest BCUT2D eigenvalue weighted by molar-refractivity contribution is 5.77.